The summed E-state index contributed by atoms with van der Waals surface area (Å²) in [5.41, 5.74) is 0.943. The summed E-state index contributed by atoms with van der Waals surface area (Å²) in [6.07, 6.45) is 3.95. The topological polar surface area (TPSA) is 63.7 Å². The number of amides is 1. The first-order valence-electron chi connectivity index (χ1n) is 8.06. The van der Waals surface area contributed by atoms with Gasteiger partial charge < -0.3 is 19.7 Å². The molecule has 1 aromatic carbocycles. The van der Waals surface area contributed by atoms with Crippen molar-refractivity contribution in [2.45, 2.75) is 12.8 Å². The molecule has 1 aliphatic rings. The Morgan fingerprint density at radius 3 is 2.48 bits per heavy atom. The van der Waals surface area contributed by atoms with Crippen molar-refractivity contribution in [1.29, 1.82) is 0 Å². The van der Waals surface area contributed by atoms with Crippen molar-refractivity contribution < 1.29 is 14.3 Å². The number of benzene rings is 1. The second-order valence-corrected chi connectivity index (χ2v) is 6.15. The lowest BCUT2D eigenvalue weighted by molar-refractivity contribution is 0.102. The third kappa shape index (κ3) is 3.79. The third-order valence-electron chi connectivity index (χ3n) is 4.16. The van der Waals surface area contributed by atoms with Gasteiger partial charge in [-0.15, -0.1) is 0 Å². The van der Waals surface area contributed by atoms with Crippen LogP contribution in [-0.2, 0) is 0 Å². The molecule has 1 amide bonds. The number of halogens is 1. The van der Waals surface area contributed by atoms with Gasteiger partial charge >= 0.3 is 0 Å². The van der Waals surface area contributed by atoms with Crippen LogP contribution >= 0.6 is 11.6 Å². The van der Waals surface area contributed by atoms with Crippen LogP contribution in [0.4, 0.5) is 11.5 Å². The summed E-state index contributed by atoms with van der Waals surface area (Å²) in [5, 5.41) is 3.19. The number of methoxy groups -OCH3 is 2. The quantitative estimate of drug-likeness (QED) is 0.881. The van der Waals surface area contributed by atoms with Gasteiger partial charge in [-0.3, -0.25) is 4.79 Å². The van der Waals surface area contributed by atoms with Crippen LogP contribution in [0.5, 0.6) is 11.5 Å². The Morgan fingerprint density at radius 2 is 1.88 bits per heavy atom. The highest BCUT2D eigenvalue weighted by molar-refractivity contribution is 6.32. The number of carbonyl (C=O) groups is 1. The molecular formula is C18H20ClN3O3. The summed E-state index contributed by atoms with van der Waals surface area (Å²) in [5.74, 6) is 1.57. The van der Waals surface area contributed by atoms with E-state index < -0.39 is 0 Å². The van der Waals surface area contributed by atoms with Gasteiger partial charge in [-0.25, -0.2) is 4.98 Å². The minimum Gasteiger partial charge on any atom is -0.495 e. The number of hydrogen-bond donors (Lipinski definition) is 1. The molecule has 7 heteroatoms. The van der Waals surface area contributed by atoms with E-state index in [1.54, 1.807) is 24.4 Å². The highest BCUT2D eigenvalue weighted by Gasteiger charge is 2.16. The van der Waals surface area contributed by atoms with Crippen LogP contribution in [-0.4, -0.2) is 38.2 Å². The van der Waals surface area contributed by atoms with Gasteiger partial charge in [0.15, 0.2) is 0 Å². The second-order valence-electron chi connectivity index (χ2n) is 5.74. The van der Waals surface area contributed by atoms with Crippen molar-refractivity contribution in [3.05, 3.63) is 41.0 Å². The van der Waals surface area contributed by atoms with E-state index in [1.807, 2.05) is 6.07 Å². The monoisotopic (exact) mass is 361 g/mol. The van der Waals surface area contributed by atoms with E-state index in [-0.39, 0.29) is 5.91 Å². The number of rotatable bonds is 5. The number of hydrogen-bond acceptors (Lipinski definition) is 5. The zero-order valence-electron chi connectivity index (χ0n) is 14.2. The van der Waals surface area contributed by atoms with Crippen LogP contribution in [0.3, 0.4) is 0 Å². The number of aromatic nitrogens is 1. The number of carbonyl (C=O) groups excluding carboxylic acids is 1. The van der Waals surface area contributed by atoms with Crippen LogP contribution in [0.2, 0.25) is 5.02 Å². The van der Waals surface area contributed by atoms with Gasteiger partial charge in [0, 0.05) is 25.4 Å². The van der Waals surface area contributed by atoms with Crippen molar-refractivity contribution >= 4 is 29.0 Å². The third-order valence-corrected chi connectivity index (χ3v) is 4.46. The smallest absolute Gasteiger partial charge is 0.257 e. The van der Waals surface area contributed by atoms with Crippen LogP contribution in [0.1, 0.15) is 23.2 Å². The van der Waals surface area contributed by atoms with E-state index in [9.17, 15) is 4.79 Å². The van der Waals surface area contributed by atoms with E-state index in [0.29, 0.717) is 27.8 Å². The summed E-state index contributed by atoms with van der Waals surface area (Å²) in [4.78, 5) is 19.1. The molecule has 1 fully saturated rings. The maximum atomic E-state index is 12.5. The van der Waals surface area contributed by atoms with Gasteiger partial charge in [0.05, 0.1) is 30.5 Å². The Hall–Kier alpha value is -2.47. The van der Waals surface area contributed by atoms with E-state index in [4.69, 9.17) is 21.1 Å². The molecule has 0 bridgehead atoms. The maximum Gasteiger partial charge on any atom is 0.257 e. The fourth-order valence-corrected chi connectivity index (χ4v) is 3.05. The Morgan fingerprint density at radius 1 is 1.16 bits per heavy atom. The Bertz CT molecular complexity index is 759. The summed E-state index contributed by atoms with van der Waals surface area (Å²) in [6.45, 7) is 2.03. The molecule has 0 atom stereocenters. The molecule has 0 spiro atoms. The Balaban J connectivity index is 1.76. The van der Waals surface area contributed by atoms with Crippen molar-refractivity contribution in [2.24, 2.45) is 0 Å². The molecule has 1 saturated heterocycles. The minimum atomic E-state index is -0.278. The zero-order valence-corrected chi connectivity index (χ0v) is 15.0. The van der Waals surface area contributed by atoms with Crippen molar-refractivity contribution in [1.82, 2.24) is 4.98 Å². The predicted octanol–water partition coefficient (Wildman–Crippen LogP) is 3.60. The van der Waals surface area contributed by atoms with Crippen LogP contribution in [0.15, 0.2) is 30.5 Å². The van der Waals surface area contributed by atoms with Gasteiger partial charge in [-0.1, -0.05) is 11.6 Å². The van der Waals surface area contributed by atoms with Gasteiger partial charge in [-0.2, -0.15) is 0 Å². The number of pyridine rings is 1. The van der Waals surface area contributed by atoms with Crippen molar-refractivity contribution in [3.63, 3.8) is 0 Å². The molecule has 132 valence electrons. The second kappa shape index (κ2) is 7.61. The number of nitrogens with one attached hydrogen (secondary N) is 1. The summed E-state index contributed by atoms with van der Waals surface area (Å²) >= 11 is 6.13. The van der Waals surface area contributed by atoms with Gasteiger partial charge in [0.2, 0.25) is 0 Å². The molecule has 1 aliphatic heterocycles. The molecule has 0 saturated carbocycles. The van der Waals surface area contributed by atoms with E-state index in [0.717, 1.165) is 18.9 Å². The maximum absolute atomic E-state index is 12.5. The average molecular weight is 362 g/mol. The number of ether oxygens (including phenoxy) is 2. The molecule has 0 unspecified atom stereocenters. The molecule has 1 N–H and O–H groups in total. The lowest BCUT2D eigenvalue weighted by Gasteiger charge is -2.16. The van der Waals surface area contributed by atoms with Crippen molar-refractivity contribution in [2.75, 3.05) is 37.5 Å². The predicted molar refractivity (Wildman–Crippen MR) is 98.2 cm³/mol. The first-order chi connectivity index (χ1) is 12.1. The van der Waals surface area contributed by atoms with E-state index >= 15 is 0 Å². The fraction of sp³-hybridized carbons (Fsp3) is 0.333. The first-order valence-corrected chi connectivity index (χ1v) is 8.44. The highest BCUT2D eigenvalue weighted by Crippen LogP contribution is 2.36. The minimum absolute atomic E-state index is 0.278. The molecule has 0 aliphatic carbocycles. The molecular weight excluding hydrogens is 342 g/mol. The van der Waals surface area contributed by atoms with Gasteiger partial charge in [0.1, 0.15) is 17.3 Å². The Labute approximate surface area is 151 Å². The van der Waals surface area contributed by atoms with Crippen LogP contribution in [0, 0.1) is 0 Å². The fourth-order valence-electron chi connectivity index (χ4n) is 2.81. The van der Waals surface area contributed by atoms with Crippen LogP contribution in [0.25, 0.3) is 0 Å². The van der Waals surface area contributed by atoms with E-state index in [1.165, 1.54) is 27.1 Å². The standard InChI is InChI=1S/C18H20ClN3O3/c1-24-15-10-16(25-2)14(9-13(15)19)21-18(23)12-5-6-17(20-11-12)22-7-3-4-8-22/h5-6,9-11H,3-4,7-8H2,1-2H3,(H,21,23). The zero-order chi connectivity index (χ0) is 17.8. The summed E-state index contributed by atoms with van der Waals surface area (Å²) in [7, 11) is 3.04. The van der Waals surface area contributed by atoms with E-state index in [2.05, 4.69) is 15.2 Å². The number of anilines is 2. The lowest BCUT2D eigenvalue weighted by Crippen LogP contribution is -2.19. The molecule has 0 radical (unpaired) electrons. The molecule has 1 aromatic heterocycles. The molecule has 3 rings (SSSR count). The molecule has 25 heavy (non-hydrogen) atoms. The first kappa shape index (κ1) is 17.4. The SMILES string of the molecule is COc1cc(OC)c(NC(=O)c2ccc(N3CCCC3)nc2)cc1Cl. The summed E-state index contributed by atoms with van der Waals surface area (Å²) in [6, 6.07) is 6.88. The largest absolute Gasteiger partial charge is 0.495 e. The molecule has 2 heterocycles. The van der Waals surface area contributed by atoms with Gasteiger partial charge in [-0.05, 0) is 31.0 Å². The molecule has 6 nitrogen and oxygen atoms in total. The van der Waals surface area contributed by atoms with Gasteiger partial charge in [0.25, 0.3) is 5.91 Å². The van der Waals surface area contributed by atoms with Crippen molar-refractivity contribution in [3.8, 4) is 11.5 Å². The normalized spacial score (nSPS) is 13.6. The Kier molecular flexibility index (Phi) is 5.28. The summed E-state index contributed by atoms with van der Waals surface area (Å²) < 4.78 is 10.4. The lowest BCUT2D eigenvalue weighted by atomic mass is 10.2. The van der Waals surface area contributed by atoms with Crippen LogP contribution < -0.4 is 19.7 Å². The molecule has 2 aromatic rings. The number of nitrogens with zero attached hydrogens (tertiary/aromatic N) is 2. The highest BCUT2D eigenvalue weighted by atomic mass is 35.5. The average Bonchev–Trinajstić information content (AvgIpc) is 3.17.